The maximum absolute atomic E-state index is 13.0. The van der Waals surface area contributed by atoms with E-state index in [0.29, 0.717) is 32.6 Å². The SMILES string of the molecule is CCS(=O)(=O)NC1CCN2C(=O)CCOC/C=C/c3ccccc3-c3cccc(c3)CC12. The van der Waals surface area contributed by atoms with E-state index >= 15 is 0 Å². The summed E-state index contributed by atoms with van der Waals surface area (Å²) < 4.78 is 33.1. The second-order valence-corrected chi connectivity index (χ2v) is 10.3. The van der Waals surface area contributed by atoms with Crippen molar-refractivity contribution in [2.45, 2.75) is 38.3 Å². The van der Waals surface area contributed by atoms with Gasteiger partial charge in [0.05, 0.1) is 31.4 Å². The molecule has 1 N–H and O–H groups in total. The number of carbonyl (C=O) groups excluding carboxylic acids is 1. The highest BCUT2D eigenvalue weighted by Gasteiger charge is 2.38. The van der Waals surface area contributed by atoms with Crippen LogP contribution in [0.3, 0.4) is 0 Å². The zero-order valence-corrected chi connectivity index (χ0v) is 19.2. The lowest BCUT2D eigenvalue weighted by atomic mass is 9.94. The van der Waals surface area contributed by atoms with Crippen molar-refractivity contribution in [3.05, 3.63) is 65.7 Å². The molecule has 0 spiro atoms. The van der Waals surface area contributed by atoms with Crippen LogP contribution in [0.1, 0.15) is 30.9 Å². The first-order valence-corrected chi connectivity index (χ1v) is 12.8. The number of fused-ring (bicyclic) bond motifs is 5. The second-order valence-electron chi connectivity index (χ2n) is 8.29. The molecule has 2 unspecified atom stereocenters. The molecular formula is C25H30N2O4S. The quantitative estimate of drug-likeness (QED) is 0.773. The fraction of sp³-hybridized carbons (Fsp3) is 0.400. The lowest BCUT2D eigenvalue weighted by molar-refractivity contribution is -0.133. The standard InChI is InChI=1S/C25H30N2O4S/c1-2-32(29,30)26-23-12-14-27-24(23)18-19-7-5-9-21(17-19)22-11-4-3-8-20(22)10-6-15-31-16-13-25(27)28/h3-11,17,23-24,26H,2,12-16,18H2,1H3/b10-6+. The van der Waals surface area contributed by atoms with E-state index in [1.165, 1.54) is 0 Å². The monoisotopic (exact) mass is 454 g/mol. The maximum Gasteiger partial charge on any atom is 0.225 e. The van der Waals surface area contributed by atoms with Crippen molar-refractivity contribution in [2.75, 3.05) is 25.5 Å². The minimum atomic E-state index is -3.37. The summed E-state index contributed by atoms with van der Waals surface area (Å²) in [6.07, 6.45) is 5.52. The molecule has 4 rings (SSSR count). The molecule has 170 valence electrons. The van der Waals surface area contributed by atoms with Crippen LogP contribution in [0.4, 0.5) is 0 Å². The van der Waals surface area contributed by atoms with Crippen molar-refractivity contribution in [1.82, 2.24) is 9.62 Å². The van der Waals surface area contributed by atoms with Gasteiger partial charge in [-0.2, -0.15) is 0 Å². The molecule has 2 aliphatic rings. The predicted molar refractivity (Wildman–Crippen MR) is 127 cm³/mol. The topological polar surface area (TPSA) is 75.7 Å². The van der Waals surface area contributed by atoms with Crippen molar-refractivity contribution in [1.29, 1.82) is 0 Å². The molecule has 0 saturated carbocycles. The fourth-order valence-corrected chi connectivity index (χ4v) is 5.41. The van der Waals surface area contributed by atoms with Crippen LogP contribution in [0, 0.1) is 0 Å². The first-order valence-electron chi connectivity index (χ1n) is 11.2. The van der Waals surface area contributed by atoms with E-state index in [2.05, 4.69) is 41.1 Å². The van der Waals surface area contributed by atoms with Crippen molar-refractivity contribution >= 4 is 22.0 Å². The molecule has 2 bridgehead atoms. The highest BCUT2D eigenvalue weighted by atomic mass is 32.2. The van der Waals surface area contributed by atoms with Gasteiger partial charge in [0.25, 0.3) is 0 Å². The summed E-state index contributed by atoms with van der Waals surface area (Å²) in [5.41, 5.74) is 4.41. The van der Waals surface area contributed by atoms with Crippen molar-refractivity contribution in [2.24, 2.45) is 0 Å². The van der Waals surface area contributed by atoms with Crippen LogP contribution in [-0.4, -0.2) is 56.8 Å². The van der Waals surface area contributed by atoms with E-state index < -0.39 is 10.0 Å². The van der Waals surface area contributed by atoms with Gasteiger partial charge in [-0.1, -0.05) is 60.7 Å². The third kappa shape index (κ3) is 5.28. The minimum absolute atomic E-state index is 0.00601. The van der Waals surface area contributed by atoms with Crippen LogP contribution in [0.2, 0.25) is 0 Å². The Labute approximate surface area is 190 Å². The molecule has 2 atom stereocenters. The third-order valence-corrected chi connectivity index (χ3v) is 7.61. The molecule has 0 aliphatic carbocycles. The zero-order valence-electron chi connectivity index (χ0n) is 18.4. The molecule has 32 heavy (non-hydrogen) atoms. The summed E-state index contributed by atoms with van der Waals surface area (Å²) in [5, 5.41) is 0. The van der Waals surface area contributed by atoms with Gasteiger partial charge >= 0.3 is 0 Å². The van der Waals surface area contributed by atoms with Gasteiger partial charge in [-0.3, -0.25) is 4.79 Å². The van der Waals surface area contributed by atoms with E-state index in [-0.39, 0.29) is 30.2 Å². The fourth-order valence-electron chi connectivity index (χ4n) is 4.51. The molecule has 0 aromatic heterocycles. The number of nitrogens with one attached hydrogen (secondary N) is 1. The Hall–Kier alpha value is -2.48. The number of nitrogens with zero attached hydrogens (tertiary/aromatic N) is 1. The van der Waals surface area contributed by atoms with Gasteiger partial charge in [-0.15, -0.1) is 0 Å². The number of hydrogen-bond donors (Lipinski definition) is 1. The Balaban J connectivity index is 1.71. The van der Waals surface area contributed by atoms with Crippen LogP contribution >= 0.6 is 0 Å². The van der Waals surface area contributed by atoms with Crippen molar-refractivity contribution < 1.29 is 17.9 Å². The third-order valence-electron chi connectivity index (χ3n) is 6.19. The molecule has 0 radical (unpaired) electrons. The number of sulfonamides is 1. The summed E-state index contributed by atoms with van der Waals surface area (Å²) >= 11 is 0. The van der Waals surface area contributed by atoms with E-state index in [9.17, 15) is 13.2 Å². The number of rotatable bonds is 3. The van der Waals surface area contributed by atoms with Gasteiger partial charge < -0.3 is 9.64 Å². The van der Waals surface area contributed by atoms with Crippen LogP contribution < -0.4 is 4.72 Å². The molecule has 1 saturated heterocycles. The average molecular weight is 455 g/mol. The molecule has 1 amide bonds. The Morgan fingerprint density at radius 3 is 2.84 bits per heavy atom. The van der Waals surface area contributed by atoms with E-state index in [1.54, 1.807) is 6.92 Å². The van der Waals surface area contributed by atoms with Gasteiger partial charge in [-0.05, 0) is 42.0 Å². The van der Waals surface area contributed by atoms with E-state index in [4.69, 9.17) is 4.74 Å². The molecule has 2 aromatic carbocycles. The summed E-state index contributed by atoms with van der Waals surface area (Å²) in [6, 6.07) is 16.0. The van der Waals surface area contributed by atoms with Gasteiger partial charge in [0.2, 0.25) is 15.9 Å². The number of amides is 1. The lowest BCUT2D eigenvalue weighted by Crippen LogP contribution is -2.48. The highest BCUT2D eigenvalue weighted by Crippen LogP contribution is 2.29. The summed E-state index contributed by atoms with van der Waals surface area (Å²) in [6.45, 7) is 2.95. The summed E-state index contributed by atoms with van der Waals surface area (Å²) in [7, 11) is -3.37. The Kier molecular flexibility index (Phi) is 7.08. The lowest BCUT2D eigenvalue weighted by Gasteiger charge is -2.29. The molecular weight excluding hydrogens is 424 g/mol. The number of carbonyl (C=O) groups is 1. The van der Waals surface area contributed by atoms with Crippen LogP contribution in [-0.2, 0) is 26.0 Å². The molecule has 2 aliphatic heterocycles. The van der Waals surface area contributed by atoms with Gasteiger partial charge in [-0.25, -0.2) is 13.1 Å². The largest absolute Gasteiger partial charge is 0.377 e. The van der Waals surface area contributed by atoms with Crippen LogP contribution in [0.25, 0.3) is 17.2 Å². The predicted octanol–water partition coefficient (Wildman–Crippen LogP) is 3.24. The van der Waals surface area contributed by atoms with E-state index in [1.807, 2.05) is 29.2 Å². The van der Waals surface area contributed by atoms with E-state index in [0.717, 1.165) is 22.3 Å². The Morgan fingerprint density at radius 2 is 2.00 bits per heavy atom. The first-order chi connectivity index (χ1) is 15.5. The first kappa shape index (κ1) is 22.7. The van der Waals surface area contributed by atoms with Gasteiger partial charge in [0, 0.05) is 12.6 Å². The van der Waals surface area contributed by atoms with Crippen LogP contribution in [0.15, 0.2) is 54.6 Å². The smallest absolute Gasteiger partial charge is 0.225 e. The van der Waals surface area contributed by atoms with Crippen LogP contribution in [0.5, 0.6) is 0 Å². The normalized spacial score (nSPS) is 23.0. The molecule has 2 aromatic rings. The van der Waals surface area contributed by atoms with Gasteiger partial charge in [0.15, 0.2) is 0 Å². The molecule has 2 heterocycles. The Morgan fingerprint density at radius 1 is 1.16 bits per heavy atom. The number of ether oxygens (including phenoxy) is 1. The summed E-state index contributed by atoms with van der Waals surface area (Å²) in [5.74, 6) is 0.0311. The maximum atomic E-state index is 13.0. The Bertz CT molecular complexity index is 1100. The summed E-state index contributed by atoms with van der Waals surface area (Å²) in [4.78, 5) is 14.8. The molecule has 1 fully saturated rings. The molecule has 6 nitrogen and oxygen atoms in total. The average Bonchev–Trinajstić information content (AvgIpc) is 3.17. The van der Waals surface area contributed by atoms with Gasteiger partial charge in [0.1, 0.15) is 0 Å². The molecule has 7 heteroatoms. The highest BCUT2D eigenvalue weighted by molar-refractivity contribution is 7.89. The minimum Gasteiger partial charge on any atom is -0.377 e. The van der Waals surface area contributed by atoms with Crippen molar-refractivity contribution in [3.8, 4) is 11.1 Å². The number of hydrogen-bond acceptors (Lipinski definition) is 4. The van der Waals surface area contributed by atoms with Crippen molar-refractivity contribution in [3.63, 3.8) is 0 Å². The second kappa shape index (κ2) is 9.98. The number of benzene rings is 2. The zero-order chi connectivity index (χ0) is 22.6.